The molecule has 0 aromatic carbocycles. The van der Waals surface area contributed by atoms with Gasteiger partial charge in [0.2, 0.25) is 0 Å². The predicted octanol–water partition coefficient (Wildman–Crippen LogP) is 1.40. The molecule has 16 heavy (non-hydrogen) atoms. The topological polar surface area (TPSA) is 65.1 Å². The van der Waals surface area contributed by atoms with Crippen molar-refractivity contribution in [2.24, 2.45) is 7.05 Å². The molecule has 3 N–H and O–H groups in total. The van der Waals surface area contributed by atoms with E-state index in [1.165, 1.54) is 0 Å². The molecule has 1 aromatic heterocycles. The molecular weight excluding hydrogens is 204 g/mol. The molecule has 0 amide bonds. The van der Waals surface area contributed by atoms with E-state index in [1.807, 2.05) is 14.0 Å². The fourth-order valence-electron chi connectivity index (χ4n) is 1.55. The second-order valence-corrected chi connectivity index (χ2v) is 4.01. The van der Waals surface area contributed by atoms with Gasteiger partial charge in [0.05, 0.1) is 17.5 Å². The summed E-state index contributed by atoms with van der Waals surface area (Å²) in [6.45, 7) is 4.85. The summed E-state index contributed by atoms with van der Waals surface area (Å²) in [5.74, 6) is 0.882. The largest absolute Gasteiger partial charge is 0.394 e. The van der Waals surface area contributed by atoms with Crippen molar-refractivity contribution in [3.05, 3.63) is 5.69 Å². The maximum absolute atomic E-state index is 6.03. The molecule has 1 unspecified atom stereocenters. The van der Waals surface area contributed by atoms with Crippen LogP contribution in [0.25, 0.3) is 0 Å². The standard InChI is InChI=1S/C11H22N4O/c1-5-6-9-10(12)11(15(3)14-9)13-7-8(2)16-4/h8,13H,5-7,12H2,1-4H3. The van der Waals surface area contributed by atoms with Crippen LogP contribution in [0.5, 0.6) is 0 Å². The van der Waals surface area contributed by atoms with Gasteiger partial charge in [-0.25, -0.2) is 0 Å². The second kappa shape index (κ2) is 5.75. The average Bonchev–Trinajstić information content (AvgIpc) is 2.52. The van der Waals surface area contributed by atoms with Gasteiger partial charge in [-0.1, -0.05) is 13.3 Å². The lowest BCUT2D eigenvalue weighted by Gasteiger charge is -2.12. The zero-order valence-electron chi connectivity index (χ0n) is 10.6. The summed E-state index contributed by atoms with van der Waals surface area (Å²) in [6.07, 6.45) is 2.12. The average molecular weight is 226 g/mol. The minimum atomic E-state index is 0.156. The van der Waals surface area contributed by atoms with Gasteiger partial charge in [-0.3, -0.25) is 4.68 Å². The number of rotatable bonds is 6. The molecule has 1 atom stereocenters. The number of nitrogens with zero attached hydrogens (tertiary/aromatic N) is 2. The van der Waals surface area contributed by atoms with Crippen LogP contribution >= 0.6 is 0 Å². The second-order valence-electron chi connectivity index (χ2n) is 4.01. The maximum atomic E-state index is 6.03. The molecule has 0 aliphatic carbocycles. The van der Waals surface area contributed by atoms with Crippen molar-refractivity contribution in [2.75, 3.05) is 24.7 Å². The van der Waals surface area contributed by atoms with Gasteiger partial charge in [0.15, 0.2) is 0 Å². The molecule has 0 fully saturated rings. The number of anilines is 2. The monoisotopic (exact) mass is 226 g/mol. The van der Waals surface area contributed by atoms with E-state index in [0.29, 0.717) is 0 Å². The first-order valence-electron chi connectivity index (χ1n) is 5.68. The lowest BCUT2D eigenvalue weighted by atomic mass is 10.2. The van der Waals surface area contributed by atoms with Crippen LogP contribution in [0.1, 0.15) is 26.0 Å². The highest BCUT2D eigenvalue weighted by Gasteiger charge is 2.12. The summed E-state index contributed by atoms with van der Waals surface area (Å²) in [5, 5.41) is 7.65. The first kappa shape index (κ1) is 12.8. The highest BCUT2D eigenvalue weighted by molar-refractivity contribution is 5.65. The SMILES string of the molecule is CCCc1nn(C)c(NCC(C)OC)c1N. The van der Waals surface area contributed by atoms with Gasteiger partial charge in [0.25, 0.3) is 0 Å². The minimum absolute atomic E-state index is 0.156. The Morgan fingerprint density at radius 2 is 2.25 bits per heavy atom. The third kappa shape index (κ3) is 2.88. The van der Waals surface area contributed by atoms with Gasteiger partial charge in [-0.15, -0.1) is 0 Å². The molecule has 1 aromatic rings. The molecule has 0 aliphatic heterocycles. The summed E-state index contributed by atoms with van der Waals surface area (Å²) in [5.41, 5.74) is 7.76. The van der Waals surface area contributed by atoms with Crippen LogP contribution in [-0.2, 0) is 18.2 Å². The van der Waals surface area contributed by atoms with Crippen LogP contribution in [0.4, 0.5) is 11.5 Å². The Hall–Kier alpha value is -1.23. The van der Waals surface area contributed by atoms with Crippen molar-refractivity contribution in [3.63, 3.8) is 0 Å². The number of aromatic nitrogens is 2. The van der Waals surface area contributed by atoms with E-state index in [1.54, 1.807) is 11.8 Å². The van der Waals surface area contributed by atoms with E-state index in [2.05, 4.69) is 17.3 Å². The van der Waals surface area contributed by atoms with Crippen LogP contribution in [0.2, 0.25) is 0 Å². The Balaban J connectivity index is 2.72. The van der Waals surface area contributed by atoms with Gasteiger partial charge in [0.1, 0.15) is 5.82 Å². The molecule has 0 radical (unpaired) electrons. The molecule has 0 bridgehead atoms. The Morgan fingerprint density at radius 1 is 1.56 bits per heavy atom. The predicted molar refractivity (Wildman–Crippen MR) is 66.6 cm³/mol. The van der Waals surface area contributed by atoms with Crippen molar-refractivity contribution in [3.8, 4) is 0 Å². The molecule has 1 heterocycles. The molecule has 0 saturated carbocycles. The van der Waals surface area contributed by atoms with Gasteiger partial charge >= 0.3 is 0 Å². The van der Waals surface area contributed by atoms with Gasteiger partial charge < -0.3 is 15.8 Å². The Morgan fingerprint density at radius 3 is 2.81 bits per heavy atom. The zero-order chi connectivity index (χ0) is 12.1. The number of hydrogen-bond acceptors (Lipinski definition) is 4. The summed E-state index contributed by atoms with van der Waals surface area (Å²) in [6, 6.07) is 0. The third-order valence-corrected chi connectivity index (χ3v) is 2.61. The third-order valence-electron chi connectivity index (χ3n) is 2.61. The first-order chi connectivity index (χ1) is 7.60. The number of ether oxygens (including phenoxy) is 1. The van der Waals surface area contributed by atoms with Crippen molar-refractivity contribution in [2.45, 2.75) is 32.8 Å². The number of methoxy groups -OCH3 is 1. The maximum Gasteiger partial charge on any atom is 0.147 e. The molecule has 0 spiro atoms. The van der Waals surface area contributed by atoms with E-state index in [-0.39, 0.29) is 6.10 Å². The number of nitrogens with one attached hydrogen (secondary N) is 1. The smallest absolute Gasteiger partial charge is 0.147 e. The Bertz CT molecular complexity index is 335. The summed E-state index contributed by atoms with van der Waals surface area (Å²) >= 11 is 0. The molecule has 92 valence electrons. The Labute approximate surface area is 97.0 Å². The highest BCUT2D eigenvalue weighted by atomic mass is 16.5. The van der Waals surface area contributed by atoms with Crippen LogP contribution in [0, 0.1) is 0 Å². The van der Waals surface area contributed by atoms with Crippen LogP contribution < -0.4 is 11.1 Å². The fourth-order valence-corrected chi connectivity index (χ4v) is 1.55. The molecule has 5 nitrogen and oxygen atoms in total. The van der Waals surface area contributed by atoms with E-state index in [4.69, 9.17) is 10.5 Å². The molecule has 0 saturated heterocycles. The minimum Gasteiger partial charge on any atom is -0.394 e. The number of nitrogen functional groups attached to an aromatic ring is 1. The number of aryl methyl sites for hydroxylation is 2. The van der Waals surface area contributed by atoms with E-state index < -0.39 is 0 Å². The van der Waals surface area contributed by atoms with Crippen molar-refractivity contribution in [1.29, 1.82) is 0 Å². The molecule has 0 aliphatic rings. The van der Waals surface area contributed by atoms with Crippen LogP contribution in [-0.4, -0.2) is 29.5 Å². The summed E-state index contributed by atoms with van der Waals surface area (Å²) in [7, 11) is 3.59. The van der Waals surface area contributed by atoms with Crippen molar-refractivity contribution in [1.82, 2.24) is 9.78 Å². The summed E-state index contributed by atoms with van der Waals surface area (Å²) in [4.78, 5) is 0. The summed E-state index contributed by atoms with van der Waals surface area (Å²) < 4.78 is 6.97. The van der Waals surface area contributed by atoms with Gasteiger partial charge in [-0.2, -0.15) is 5.10 Å². The molecule has 5 heteroatoms. The van der Waals surface area contributed by atoms with Crippen molar-refractivity contribution < 1.29 is 4.74 Å². The van der Waals surface area contributed by atoms with E-state index >= 15 is 0 Å². The molecular formula is C11H22N4O. The lowest BCUT2D eigenvalue weighted by Crippen LogP contribution is -2.20. The van der Waals surface area contributed by atoms with Gasteiger partial charge in [-0.05, 0) is 13.3 Å². The molecule has 1 rings (SSSR count). The van der Waals surface area contributed by atoms with E-state index in [0.717, 1.165) is 36.6 Å². The zero-order valence-corrected chi connectivity index (χ0v) is 10.6. The highest BCUT2D eigenvalue weighted by Crippen LogP contribution is 2.22. The number of hydrogen-bond donors (Lipinski definition) is 2. The number of nitrogens with two attached hydrogens (primary N) is 1. The first-order valence-corrected chi connectivity index (χ1v) is 5.68. The fraction of sp³-hybridized carbons (Fsp3) is 0.727. The van der Waals surface area contributed by atoms with Gasteiger partial charge in [0, 0.05) is 20.7 Å². The Kier molecular flexibility index (Phi) is 4.61. The normalized spacial score (nSPS) is 12.8. The van der Waals surface area contributed by atoms with Crippen LogP contribution in [0.3, 0.4) is 0 Å². The quantitative estimate of drug-likeness (QED) is 0.769. The van der Waals surface area contributed by atoms with Crippen molar-refractivity contribution >= 4 is 11.5 Å². The lowest BCUT2D eigenvalue weighted by molar-refractivity contribution is 0.128. The van der Waals surface area contributed by atoms with E-state index in [9.17, 15) is 0 Å². The van der Waals surface area contributed by atoms with Crippen LogP contribution in [0.15, 0.2) is 0 Å².